The lowest BCUT2D eigenvalue weighted by atomic mass is 9.90. The Morgan fingerprint density at radius 1 is 0.586 bits per heavy atom. The topological polar surface area (TPSA) is 250 Å². The lowest BCUT2D eigenvalue weighted by Gasteiger charge is -2.45. The highest BCUT2D eigenvalue weighted by Crippen LogP contribution is 2.37. The van der Waals surface area contributed by atoms with Crippen molar-refractivity contribution in [1.29, 1.82) is 0 Å². The molecule has 99 heavy (non-hydrogen) atoms. The van der Waals surface area contributed by atoms with E-state index in [9.17, 15) is 69.5 Å². The van der Waals surface area contributed by atoms with Crippen LogP contribution in [-0.2, 0) is 77.9 Å². The minimum absolute atomic E-state index is 0.000188. The van der Waals surface area contributed by atoms with Gasteiger partial charge in [-0.3, -0.25) is 52.7 Å². The van der Waals surface area contributed by atoms with Crippen molar-refractivity contribution in [2.24, 2.45) is 17.8 Å². The average Bonchev–Trinajstić information content (AvgIpc) is 1.66. The molecule has 1 saturated carbocycles. The quantitative estimate of drug-likeness (QED) is 0.209. The monoisotopic (exact) mass is 1410 g/mol. The van der Waals surface area contributed by atoms with Crippen LogP contribution in [0.1, 0.15) is 155 Å². The third-order valence-electron chi connectivity index (χ3n) is 20.5. The number of alkyl halides is 6. The molecule has 0 unspecified atom stereocenters. The fraction of sp³-hybridized carbons (Fsp3) is 0.667. The molecule has 3 N–H and O–H groups in total. The van der Waals surface area contributed by atoms with Gasteiger partial charge in [0.25, 0.3) is 0 Å². The van der Waals surface area contributed by atoms with Crippen molar-refractivity contribution < 1.29 is 87.9 Å². The third-order valence-corrected chi connectivity index (χ3v) is 20.5. The van der Waals surface area contributed by atoms with Gasteiger partial charge in [0.05, 0.1) is 12.1 Å². The molecule has 3 aliphatic heterocycles. The molecule has 30 heteroatoms. The number of carbonyl (C=O) groups excluding carboxylic acids is 11. The van der Waals surface area contributed by atoms with Crippen molar-refractivity contribution in [3.8, 4) is 0 Å². The van der Waals surface area contributed by atoms with E-state index in [0.717, 1.165) is 50.9 Å². The molecule has 11 amide bonds. The normalized spacial score (nSPS) is 26.4. The standard InChI is InChI=1S/C69H97F8N11O11/c1-15-39(5)56-64(97)83(11)42(8)60(93)88-31-27-50(88)63(96)85(13)52(36-43-21-24-45(25-22-43)68(72,73)74)62(95)81(9)37-53(89)78-48(26-23-44-34-46(70)55(47(71)35-44)69(75,76)77)61(94)87-30-19-20-49(87)59(92)80-67(28-17-18-29-67)66(99)86(14)57(40(6)16-2)65(98)82(10)41(7)33-54(90)84(12)51(32-38(3)4)58(91)79-56/h21-22,24-25,34-35,38-42,48-52,56-57H,15-20,23,26-33,36-37H2,1-14H3,(H,78,89)(H,79,91)(H,80,92)/t39-,40-,41+,42-,48-,49-,50-,51-,52-,56-,57-/m0/s1. The van der Waals surface area contributed by atoms with E-state index < -0.39 is 198 Å². The van der Waals surface area contributed by atoms with Crippen molar-refractivity contribution in [2.45, 2.75) is 218 Å². The number of fused-ring (bicyclic) bond motifs is 2. The number of benzene rings is 2. The zero-order chi connectivity index (χ0) is 74.2. The molecule has 2 aromatic carbocycles. The second-order valence-corrected chi connectivity index (χ2v) is 27.8. The molecule has 6 rings (SSSR count). The van der Waals surface area contributed by atoms with Gasteiger partial charge in [0.1, 0.15) is 71.1 Å². The van der Waals surface area contributed by atoms with Crippen molar-refractivity contribution >= 4 is 65.0 Å². The van der Waals surface area contributed by atoms with Gasteiger partial charge in [0.15, 0.2) is 0 Å². The van der Waals surface area contributed by atoms with E-state index in [1.54, 1.807) is 27.7 Å². The molecule has 22 nitrogen and oxygen atoms in total. The Morgan fingerprint density at radius 2 is 1.17 bits per heavy atom. The summed E-state index contributed by atoms with van der Waals surface area (Å²) in [6, 6.07) is -7.03. The highest BCUT2D eigenvalue weighted by atomic mass is 19.4. The largest absolute Gasteiger partial charge is 0.422 e. The number of aryl methyl sites for hydroxylation is 1. The van der Waals surface area contributed by atoms with Gasteiger partial charge in [-0.25, -0.2) is 8.78 Å². The van der Waals surface area contributed by atoms with E-state index in [2.05, 4.69) is 16.0 Å². The fourth-order valence-electron chi connectivity index (χ4n) is 13.6. The molecule has 0 radical (unpaired) electrons. The summed E-state index contributed by atoms with van der Waals surface area (Å²) in [4.78, 5) is 172. The molecule has 0 aromatic heterocycles. The molecule has 0 bridgehead atoms. The van der Waals surface area contributed by atoms with Crippen LogP contribution >= 0.6 is 0 Å². The maximum Gasteiger partial charge on any atom is 0.422 e. The van der Waals surface area contributed by atoms with Gasteiger partial charge in [0, 0.05) is 74.3 Å². The second-order valence-electron chi connectivity index (χ2n) is 27.8. The SMILES string of the molecule is CC[C@H](C)[C@@H]1NC(=O)[C@H](CC(C)C)N(C)C(=O)C[C@@H](C)N(C)C(=O)[C@H]([C@@H](C)CC)N(C)C(=O)C2(CCCC2)NC(=O)[C@@H]2CCCN2C(=O)[C@H](CCc2cc(F)c(C(F)(F)F)c(F)c2)NC(=O)CN(C)C(=O)[C@H](Cc2ccc(C(F)(F)F)cc2)N(C)C(=O)[C@@H]2CCN2C(=O)[C@H](C)N(C)C1=O. The van der Waals surface area contributed by atoms with Crippen molar-refractivity contribution in [3.63, 3.8) is 0 Å². The maximum absolute atomic E-state index is 15.2. The molecular formula is C69H97F8N11O11. The molecule has 550 valence electrons. The summed E-state index contributed by atoms with van der Waals surface area (Å²) < 4.78 is 113. The average molecular weight is 1410 g/mol. The smallest absolute Gasteiger partial charge is 0.343 e. The lowest BCUT2D eigenvalue weighted by molar-refractivity contribution is -0.160. The Bertz CT molecular complexity index is 3290. The maximum atomic E-state index is 15.2. The van der Waals surface area contributed by atoms with E-state index in [1.807, 2.05) is 20.8 Å². The zero-order valence-corrected chi connectivity index (χ0v) is 59.0. The van der Waals surface area contributed by atoms with Crippen LogP contribution < -0.4 is 16.0 Å². The van der Waals surface area contributed by atoms with E-state index in [1.165, 1.54) is 61.8 Å². The van der Waals surface area contributed by atoms with Crippen LogP contribution in [0.3, 0.4) is 0 Å². The Labute approximate surface area is 573 Å². The van der Waals surface area contributed by atoms with Crippen LogP contribution in [-0.4, -0.2) is 226 Å². The molecule has 3 heterocycles. The van der Waals surface area contributed by atoms with E-state index >= 15 is 18.4 Å². The van der Waals surface area contributed by atoms with Gasteiger partial charge in [-0.15, -0.1) is 0 Å². The molecule has 2 aromatic rings. The first-order chi connectivity index (χ1) is 46.1. The van der Waals surface area contributed by atoms with Crippen LogP contribution in [0.5, 0.6) is 0 Å². The summed E-state index contributed by atoms with van der Waals surface area (Å²) in [6.45, 7) is 12.8. The molecule has 4 fully saturated rings. The zero-order valence-electron chi connectivity index (χ0n) is 59.0. The summed E-state index contributed by atoms with van der Waals surface area (Å²) in [5.74, 6) is -13.5. The van der Waals surface area contributed by atoms with E-state index in [0.29, 0.717) is 37.8 Å². The molecular weight excluding hydrogens is 1310 g/mol. The minimum atomic E-state index is -5.43. The first kappa shape index (κ1) is 80.0. The Morgan fingerprint density at radius 3 is 1.71 bits per heavy atom. The number of amides is 11. The Hall–Kier alpha value is -7.95. The predicted molar refractivity (Wildman–Crippen MR) is 348 cm³/mol. The molecule has 11 atom stereocenters. The first-order valence-electron chi connectivity index (χ1n) is 33.9. The first-order valence-corrected chi connectivity index (χ1v) is 33.9. The summed E-state index contributed by atoms with van der Waals surface area (Å²) >= 11 is 0. The summed E-state index contributed by atoms with van der Waals surface area (Å²) in [5, 5.41) is 8.32. The Kier molecular flexibility index (Phi) is 26.7. The number of rotatable bonds is 11. The van der Waals surface area contributed by atoms with E-state index in [-0.39, 0.29) is 75.1 Å². The van der Waals surface area contributed by atoms with Crippen LogP contribution in [0.15, 0.2) is 36.4 Å². The number of likely N-dealkylation sites (N-methyl/N-ethyl adjacent to an activating group) is 6. The number of nitrogens with one attached hydrogen (secondary N) is 3. The van der Waals surface area contributed by atoms with Crippen molar-refractivity contribution in [2.75, 3.05) is 61.9 Å². The number of halogens is 8. The van der Waals surface area contributed by atoms with Crippen LogP contribution in [0.25, 0.3) is 0 Å². The number of hydrogen-bond donors (Lipinski definition) is 3. The highest BCUT2D eigenvalue weighted by Gasteiger charge is 2.51. The second kappa shape index (κ2) is 33.0. The molecule has 4 aliphatic rings. The Balaban J connectivity index is 1.43. The van der Waals surface area contributed by atoms with Gasteiger partial charge < -0.3 is 55.1 Å². The van der Waals surface area contributed by atoms with Gasteiger partial charge in [0.2, 0.25) is 65.0 Å². The van der Waals surface area contributed by atoms with E-state index in [4.69, 9.17) is 0 Å². The predicted octanol–water partition coefficient (Wildman–Crippen LogP) is 6.34. The molecule has 3 saturated heterocycles. The van der Waals surface area contributed by atoms with Crippen molar-refractivity contribution in [1.82, 2.24) is 55.1 Å². The summed E-state index contributed by atoms with van der Waals surface area (Å²) in [6.07, 6.45) is -9.73. The third kappa shape index (κ3) is 18.5. The summed E-state index contributed by atoms with van der Waals surface area (Å²) in [7, 11) is 8.08. The number of nitrogens with zero attached hydrogens (tertiary/aromatic N) is 8. The molecule has 1 spiro atoms. The number of carbonyl (C=O) groups is 11. The van der Waals surface area contributed by atoms with Crippen LogP contribution in [0.2, 0.25) is 0 Å². The van der Waals surface area contributed by atoms with Gasteiger partial charge in [-0.2, -0.15) is 26.3 Å². The fourth-order valence-corrected chi connectivity index (χ4v) is 13.6. The minimum Gasteiger partial charge on any atom is -0.343 e. The number of hydrogen-bond acceptors (Lipinski definition) is 11. The summed E-state index contributed by atoms with van der Waals surface area (Å²) in [5.41, 5.74) is -5.06. The van der Waals surface area contributed by atoms with Gasteiger partial charge >= 0.3 is 12.4 Å². The highest BCUT2D eigenvalue weighted by molar-refractivity contribution is 6.00. The van der Waals surface area contributed by atoms with Crippen LogP contribution in [0.4, 0.5) is 35.1 Å². The van der Waals surface area contributed by atoms with Gasteiger partial charge in [-0.1, -0.05) is 79.4 Å². The lowest BCUT2D eigenvalue weighted by Crippen LogP contribution is -2.65. The van der Waals surface area contributed by atoms with Crippen molar-refractivity contribution in [3.05, 3.63) is 70.3 Å². The van der Waals surface area contributed by atoms with Gasteiger partial charge in [-0.05, 0) is 118 Å². The molecule has 1 aliphatic carbocycles. The van der Waals surface area contributed by atoms with Crippen LogP contribution in [0, 0.1) is 29.4 Å².